The summed E-state index contributed by atoms with van der Waals surface area (Å²) in [5.41, 5.74) is 2.78. The number of sulfonamides is 1. The maximum atomic E-state index is 12.8. The van der Waals surface area contributed by atoms with Gasteiger partial charge in [0.05, 0.1) is 5.52 Å². The minimum absolute atomic E-state index is 0.159. The van der Waals surface area contributed by atoms with E-state index in [9.17, 15) is 8.42 Å². The second-order valence-electron chi connectivity index (χ2n) is 6.01. The molecule has 0 radical (unpaired) electrons. The molecule has 3 aromatic carbocycles. The largest absolute Gasteiger partial charge is 0.356 e. The smallest absolute Gasteiger partial charge is 0.264 e. The van der Waals surface area contributed by atoms with Crippen LogP contribution < -0.4 is 10.0 Å². The molecule has 0 unspecified atom stereocenters. The van der Waals surface area contributed by atoms with Crippen molar-refractivity contribution in [2.45, 2.75) is 4.90 Å². The minimum atomic E-state index is -3.74. The highest BCUT2D eigenvalue weighted by molar-refractivity contribution is 7.93. The average Bonchev–Trinajstić information content (AvgIpc) is 2.70. The lowest BCUT2D eigenvalue weighted by Crippen LogP contribution is -2.13. The Morgan fingerprint density at radius 2 is 1.33 bits per heavy atom. The number of para-hydroxylation sites is 2. The fraction of sp³-hybridized carbons (Fsp3) is 0. The Balaban J connectivity index is 1.57. The topological polar surface area (TPSA) is 71.1 Å². The van der Waals surface area contributed by atoms with E-state index < -0.39 is 10.0 Å². The Labute approximate surface area is 157 Å². The van der Waals surface area contributed by atoms with Crippen LogP contribution in [0.3, 0.4) is 0 Å². The first kappa shape index (κ1) is 17.1. The van der Waals surface area contributed by atoms with Crippen LogP contribution in [0.25, 0.3) is 10.9 Å². The summed E-state index contributed by atoms with van der Waals surface area (Å²) in [7, 11) is -3.74. The third kappa shape index (κ3) is 3.75. The SMILES string of the molecule is O=S(=O)(Nc1ccc(Nc2ccccc2)cc1)c1cccc2cccnc12. The molecule has 4 aromatic rings. The molecule has 2 N–H and O–H groups in total. The fourth-order valence-electron chi connectivity index (χ4n) is 2.81. The van der Waals surface area contributed by atoms with Crippen LogP contribution in [0.5, 0.6) is 0 Å². The molecule has 1 heterocycles. The second kappa shape index (κ2) is 7.09. The van der Waals surface area contributed by atoms with E-state index in [0.717, 1.165) is 16.8 Å². The zero-order valence-electron chi connectivity index (χ0n) is 14.3. The van der Waals surface area contributed by atoms with Gasteiger partial charge in [-0.15, -0.1) is 0 Å². The summed E-state index contributed by atoms with van der Waals surface area (Å²) in [4.78, 5) is 4.38. The number of rotatable bonds is 5. The highest BCUT2D eigenvalue weighted by Gasteiger charge is 2.18. The summed E-state index contributed by atoms with van der Waals surface area (Å²) in [6, 6.07) is 25.6. The molecule has 0 saturated carbocycles. The lowest BCUT2D eigenvalue weighted by molar-refractivity contribution is 0.602. The van der Waals surface area contributed by atoms with Crippen molar-refractivity contribution in [2.75, 3.05) is 10.0 Å². The summed E-state index contributed by atoms with van der Waals surface area (Å²) in [5.74, 6) is 0. The Morgan fingerprint density at radius 1 is 0.667 bits per heavy atom. The Morgan fingerprint density at radius 3 is 2.11 bits per heavy atom. The Kier molecular flexibility index (Phi) is 4.48. The first-order valence-electron chi connectivity index (χ1n) is 8.40. The molecular weight excluding hydrogens is 358 g/mol. The number of aromatic nitrogens is 1. The number of nitrogens with one attached hydrogen (secondary N) is 2. The average molecular weight is 375 g/mol. The van der Waals surface area contributed by atoms with Crippen molar-refractivity contribution in [2.24, 2.45) is 0 Å². The van der Waals surface area contributed by atoms with Gasteiger partial charge in [-0.1, -0.05) is 36.4 Å². The van der Waals surface area contributed by atoms with E-state index in [2.05, 4.69) is 15.0 Å². The summed E-state index contributed by atoms with van der Waals surface area (Å²) < 4.78 is 28.3. The van der Waals surface area contributed by atoms with Gasteiger partial charge in [0.25, 0.3) is 10.0 Å². The van der Waals surface area contributed by atoms with E-state index >= 15 is 0 Å². The number of anilines is 3. The van der Waals surface area contributed by atoms with Crippen molar-refractivity contribution in [3.8, 4) is 0 Å². The third-order valence-corrected chi connectivity index (χ3v) is 5.50. The van der Waals surface area contributed by atoms with Gasteiger partial charge in [-0.2, -0.15) is 0 Å². The zero-order valence-corrected chi connectivity index (χ0v) is 15.1. The van der Waals surface area contributed by atoms with Crippen molar-refractivity contribution in [3.05, 3.63) is 91.1 Å². The van der Waals surface area contributed by atoms with Crippen LogP contribution in [0.2, 0.25) is 0 Å². The van der Waals surface area contributed by atoms with E-state index in [0.29, 0.717) is 11.2 Å². The van der Waals surface area contributed by atoms with Gasteiger partial charge in [0.15, 0.2) is 0 Å². The third-order valence-electron chi connectivity index (χ3n) is 4.08. The summed E-state index contributed by atoms with van der Waals surface area (Å²) in [6.07, 6.45) is 1.59. The molecule has 0 amide bonds. The van der Waals surface area contributed by atoms with E-state index in [1.54, 1.807) is 36.5 Å². The van der Waals surface area contributed by atoms with Crippen molar-refractivity contribution >= 4 is 38.0 Å². The molecular formula is C21H17N3O2S. The van der Waals surface area contributed by atoms with E-state index in [1.165, 1.54) is 0 Å². The first-order chi connectivity index (χ1) is 13.1. The summed E-state index contributed by atoms with van der Waals surface area (Å²) in [5, 5.41) is 4.04. The summed E-state index contributed by atoms with van der Waals surface area (Å²) >= 11 is 0. The van der Waals surface area contributed by atoms with Crippen LogP contribution >= 0.6 is 0 Å². The standard InChI is InChI=1S/C21H17N3O2S/c25-27(26,20-10-4-6-16-7-5-15-22-21(16)20)24-19-13-11-18(12-14-19)23-17-8-2-1-3-9-17/h1-15,23-24H. The van der Waals surface area contributed by atoms with Gasteiger partial charge in [-0.05, 0) is 48.5 Å². The molecule has 0 fully saturated rings. The van der Waals surface area contributed by atoms with Gasteiger partial charge < -0.3 is 5.32 Å². The van der Waals surface area contributed by atoms with E-state index in [4.69, 9.17) is 0 Å². The predicted octanol–water partition coefficient (Wildman–Crippen LogP) is 4.78. The van der Waals surface area contributed by atoms with Crippen molar-refractivity contribution in [1.29, 1.82) is 0 Å². The molecule has 0 spiro atoms. The molecule has 0 atom stereocenters. The molecule has 6 heteroatoms. The van der Waals surface area contributed by atoms with Crippen LogP contribution in [0.1, 0.15) is 0 Å². The van der Waals surface area contributed by atoms with Crippen LogP contribution in [0.15, 0.2) is 96.0 Å². The molecule has 0 saturated heterocycles. The maximum Gasteiger partial charge on any atom is 0.264 e. The van der Waals surface area contributed by atoms with Crippen molar-refractivity contribution in [1.82, 2.24) is 4.98 Å². The van der Waals surface area contributed by atoms with Crippen LogP contribution in [0, 0.1) is 0 Å². The predicted molar refractivity (Wildman–Crippen MR) is 109 cm³/mol. The molecule has 0 aliphatic rings. The number of nitrogens with zero attached hydrogens (tertiary/aromatic N) is 1. The van der Waals surface area contributed by atoms with E-state index in [1.807, 2.05) is 54.6 Å². The summed E-state index contributed by atoms with van der Waals surface area (Å²) in [6.45, 7) is 0. The molecule has 0 aliphatic heterocycles. The van der Waals surface area contributed by atoms with Crippen molar-refractivity contribution < 1.29 is 8.42 Å². The quantitative estimate of drug-likeness (QED) is 0.527. The van der Waals surface area contributed by atoms with Gasteiger partial charge in [-0.25, -0.2) is 8.42 Å². The number of hydrogen-bond acceptors (Lipinski definition) is 4. The molecule has 0 bridgehead atoms. The van der Waals surface area contributed by atoms with Gasteiger partial charge in [0, 0.05) is 28.6 Å². The number of fused-ring (bicyclic) bond motifs is 1. The monoisotopic (exact) mass is 375 g/mol. The molecule has 5 nitrogen and oxygen atoms in total. The van der Waals surface area contributed by atoms with Gasteiger partial charge in [0.2, 0.25) is 0 Å². The Hall–Kier alpha value is -3.38. The fourth-order valence-corrected chi connectivity index (χ4v) is 4.05. The highest BCUT2D eigenvalue weighted by atomic mass is 32.2. The van der Waals surface area contributed by atoms with Crippen LogP contribution in [-0.2, 0) is 10.0 Å². The molecule has 134 valence electrons. The Bertz CT molecular complexity index is 1170. The van der Waals surface area contributed by atoms with Gasteiger partial charge >= 0.3 is 0 Å². The normalized spacial score (nSPS) is 11.3. The van der Waals surface area contributed by atoms with Crippen molar-refractivity contribution in [3.63, 3.8) is 0 Å². The molecule has 1 aromatic heterocycles. The molecule has 0 aliphatic carbocycles. The molecule has 27 heavy (non-hydrogen) atoms. The lowest BCUT2D eigenvalue weighted by Gasteiger charge is -2.11. The van der Waals surface area contributed by atoms with E-state index in [-0.39, 0.29) is 4.90 Å². The molecule has 4 rings (SSSR count). The second-order valence-corrected chi connectivity index (χ2v) is 7.66. The highest BCUT2D eigenvalue weighted by Crippen LogP contribution is 2.24. The van der Waals surface area contributed by atoms with Gasteiger partial charge in [-0.3, -0.25) is 9.71 Å². The number of benzene rings is 3. The van der Waals surface area contributed by atoms with Crippen LogP contribution in [-0.4, -0.2) is 13.4 Å². The zero-order chi connectivity index (χ0) is 18.7. The number of pyridine rings is 1. The number of hydrogen-bond donors (Lipinski definition) is 2. The first-order valence-corrected chi connectivity index (χ1v) is 9.89. The lowest BCUT2D eigenvalue weighted by atomic mass is 10.2. The van der Waals surface area contributed by atoms with Crippen LogP contribution in [0.4, 0.5) is 17.1 Å². The maximum absolute atomic E-state index is 12.8. The minimum Gasteiger partial charge on any atom is -0.356 e. The van der Waals surface area contributed by atoms with Gasteiger partial charge in [0.1, 0.15) is 4.90 Å².